The van der Waals surface area contributed by atoms with Gasteiger partial charge in [-0.05, 0) is 24.0 Å². The standard InChI is InChI=1S/C12H14O3/c1-14-9-3-4-10(12(6-9)15-2)11-5-8(11)7-13/h3-4,6-8,11H,5H2,1-2H3/t8-,11-/m0/s1. The van der Waals surface area contributed by atoms with Crippen molar-refractivity contribution < 1.29 is 14.3 Å². The number of benzene rings is 1. The van der Waals surface area contributed by atoms with Gasteiger partial charge < -0.3 is 14.3 Å². The van der Waals surface area contributed by atoms with Gasteiger partial charge >= 0.3 is 0 Å². The molecule has 3 heteroatoms. The molecule has 0 radical (unpaired) electrons. The van der Waals surface area contributed by atoms with Gasteiger partial charge in [-0.3, -0.25) is 0 Å². The molecule has 1 aromatic rings. The van der Waals surface area contributed by atoms with Gasteiger partial charge in [0.15, 0.2) is 0 Å². The first-order valence-corrected chi connectivity index (χ1v) is 4.97. The highest BCUT2D eigenvalue weighted by Gasteiger charge is 2.39. The van der Waals surface area contributed by atoms with Crippen LogP contribution in [0, 0.1) is 5.92 Å². The lowest BCUT2D eigenvalue weighted by Crippen LogP contribution is -1.93. The highest BCUT2D eigenvalue weighted by Crippen LogP contribution is 2.49. The van der Waals surface area contributed by atoms with E-state index in [0.29, 0.717) is 5.92 Å². The van der Waals surface area contributed by atoms with Crippen LogP contribution in [0.5, 0.6) is 11.5 Å². The second-order valence-electron chi connectivity index (χ2n) is 3.75. The molecular weight excluding hydrogens is 192 g/mol. The molecule has 80 valence electrons. The minimum absolute atomic E-state index is 0.173. The van der Waals surface area contributed by atoms with E-state index in [0.717, 1.165) is 29.8 Å². The Morgan fingerprint density at radius 1 is 1.33 bits per heavy atom. The third kappa shape index (κ3) is 1.82. The van der Waals surface area contributed by atoms with Crippen LogP contribution in [0.15, 0.2) is 18.2 Å². The molecule has 0 unspecified atom stereocenters. The number of carbonyl (C=O) groups is 1. The summed E-state index contributed by atoms with van der Waals surface area (Å²) in [7, 11) is 3.26. The maximum Gasteiger partial charge on any atom is 0.126 e. The molecule has 1 aliphatic carbocycles. The van der Waals surface area contributed by atoms with Crippen LogP contribution in [-0.2, 0) is 4.79 Å². The van der Waals surface area contributed by atoms with Crippen molar-refractivity contribution in [2.45, 2.75) is 12.3 Å². The van der Waals surface area contributed by atoms with Gasteiger partial charge in [-0.2, -0.15) is 0 Å². The number of carbonyl (C=O) groups excluding carboxylic acids is 1. The van der Waals surface area contributed by atoms with E-state index < -0.39 is 0 Å². The molecule has 1 aliphatic rings. The lowest BCUT2D eigenvalue weighted by atomic mass is 10.1. The molecule has 0 saturated heterocycles. The Balaban J connectivity index is 2.27. The minimum Gasteiger partial charge on any atom is -0.497 e. The van der Waals surface area contributed by atoms with Crippen molar-refractivity contribution in [1.29, 1.82) is 0 Å². The summed E-state index contributed by atoms with van der Waals surface area (Å²) < 4.78 is 10.4. The SMILES string of the molecule is COc1ccc([C@H]2C[C@H]2C=O)c(OC)c1. The fourth-order valence-corrected chi connectivity index (χ4v) is 1.85. The van der Waals surface area contributed by atoms with Gasteiger partial charge in [-0.15, -0.1) is 0 Å². The average molecular weight is 206 g/mol. The molecule has 0 aliphatic heterocycles. The van der Waals surface area contributed by atoms with E-state index in [2.05, 4.69) is 0 Å². The second-order valence-corrected chi connectivity index (χ2v) is 3.75. The van der Waals surface area contributed by atoms with Crippen molar-refractivity contribution in [2.75, 3.05) is 14.2 Å². The summed E-state index contributed by atoms with van der Waals surface area (Å²) in [6.07, 6.45) is 1.96. The van der Waals surface area contributed by atoms with E-state index in [1.165, 1.54) is 0 Å². The molecule has 2 rings (SSSR count). The molecule has 1 aromatic carbocycles. The maximum absolute atomic E-state index is 10.6. The summed E-state index contributed by atoms with van der Waals surface area (Å²) in [6.45, 7) is 0. The monoisotopic (exact) mass is 206 g/mol. The lowest BCUT2D eigenvalue weighted by Gasteiger charge is -2.09. The van der Waals surface area contributed by atoms with E-state index in [4.69, 9.17) is 9.47 Å². The van der Waals surface area contributed by atoms with Gasteiger partial charge in [0.2, 0.25) is 0 Å². The second kappa shape index (κ2) is 3.93. The first-order valence-electron chi connectivity index (χ1n) is 4.97. The van der Waals surface area contributed by atoms with Crippen molar-refractivity contribution in [3.63, 3.8) is 0 Å². The van der Waals surface area contributed by atoms with Crippen LogP contribution in [0.2, 0.25) is 0 Å². The Morgan fingerprint density at radius 2 is 2.13 bits per heavy atom. The van der Waals surface area contributed by atoms with E-state index in [1.54, 1.807) is 14.2 Å². The number of hydrogen-bond acceptors (Lipinski definition) is 3. The molecule has 15 heavy (non-hydrogen) atoms. The quantitative estimate of drug-likeness (QED) is 0.707. The zero-order valence-electron chi connectivity index (χ0n) is 8.90. The first-order chi connectivity index (χ1) is 7.30. The molecule has 1 fully saturated rings. The van der Waals surface area contributed by atoms with Crippen LogP contribution in [0.25, 0.3) is 0 Å². The zero-order chi connectivity index (χ0) is 10.8. The molecule has 3 nitrogen and oxygen atoms in total. The zero-order valence-corrected chi connectivity index (χ0v) is 8.90. The van der Waals surface area contributed by atoms with Crippen LogP contribution in [-0.4, -0.2) is 20.5 Å². The predicted molar refractivity (Wildman–Crippen MR) is 56.5 cm³/mol. The van der Waals surface area contributed by atoms with Crippen molar-refractivity contribution in [2.24, 2.45) is 5.92 Å². The Kier molecular flexibility index (Phi) is 2.62. The number of methoxy groups -OCH3 is 2. The fourth-order valence-electron chi connectivity index (χ4n) is 1.85. The highest BCUT2D eigenvalue weighted by atomic mass is 16.5. The molecule has 0 N–H and O–H groups in total. The van der Waals surface area contributed by atoms with Crippen molar-refractivity contribution >= 4 is 6.29 Å². The van der Waals surface area contributed by atoms with Crippen molar-refractivity contribution in [3.8, 4) is 11.5 Å². The van der Waals surface area contributed by atoms with Crippen LogP contribution in [0.3, 0.4) is 0 Å². The molecular formula is C12H14O3. The minimum atomic E-state index is 0.173. The summed E-state index contributed by atoms with van der Waals surface area (Å²) in [5, 5.41) is 0. The van der Waals surface area contributed by atoms with Gasteiger partial charge in [0, 0.05) is 12.0 Å². The van der Waals surface area contributed by atoms with Gasteiger partial charge in [-0.25, -0.2) is 0 Å². The molecule has 0 spiro atoms. The van der Waals surface area contributed by atoms with E-state index in [1.807, 2.05) is 18.2 Å². The maximum atomic E-state index is 10.6. The summed E-state index contributed by atoms with van der Waals surface area (Å²) in [5.41, 5.74) is 1.11. The molecule has 0 bridgehead atoms. The molecule has 1 saturated carbocycles. The van der Waals surface area contributed by atoms with Gasteiger partial charge in [0.05, 0.1) is 14.2 Å². The van der Waals surface area contributed by atoms with E-state index >= 15 is 0 Å². The molecule has 0 heterocycles. The van der Waals surface area contributed by atoms with E-state index in [-0.39, 0.29) is 5.92 Å². The smallest absolute Gasteiger partial charge is 0.126 e. The molecule has 2 atom stereocenters. The largest absolute Gasteiger partial charge is 0.497 e. The topological polar surface area (TPSA) is 35.5 Å². The summed E-state index contributed by atoms with van der Waals surface area (Å²) in [4.78, 5) is 10.6. The normalized spacial score (nSPS) is 23.3. The van der Waals surface area contributed by atoms with Gasteiger partial charge in [-0.1, -0.05) is 6.07 Å². The van der Waals surface area contributed by atoms with E-state index in [9.17, 15) is 4.79 Å². The van der Waals surface area contributed by atoms with Crippen molar-refractivity contribution in [1.82, 2.24) is 0 Å². The van der Waals surface area contributed by atoms with Gasteiger partial charge in [0.25, 0.3) is 0 Å². The summed E-state index contributed by atoms with van der Waals surface area (Å²) >= 11 is 0. The third-order valence-electron chi connectivity index (χ3n) is 2.85. The number of ether oxygens (including phenoxy) is 2. The van der Waals surface area contributed by atoms with Gasteiger partial charge in [0.1, 0.15) is 17.8 Å². The van der Waals surface area contributed by atoms with Crippen LogP contribution < -0.4 is 9.47 Å². The lowest BCUT2D eigenvalue weighted by molar-refractivity contribution is -0.108. The average Bonchev–Trinajstić information content (AvgIpc) is 3.07. The Morgan fingerprint density at radius 3 is 2.67 bits per heavy atom. The molecule has 0 amide bonds. The van der Waals surface area contributed by atoms with Crippen LogP contribution in [0.1, 0.15) is 17.9 Å². The predicted octanol–water partition coefficient (Wildman–Crippen LogP) is 2.01. The Hall–Kier alpha value is -1.51. The fraction of sp³-hybridized carbons (Fsp3) is 0.417. The highest BCUT2D eigenvalue weighted by molar-refractivity contribution is 5.63. The van der Waals surface area contributed by atoms with Crippen molar-refractivity contribution in [3.05, 3.63) is 23.8 Å². The van der Waals surface area contributed by atoms with Crippen LogP contribution in [0.4, 0.5) is 0 Å². The number of aldehydes is 1. The Labute approximate surface area is 89.0 Å². The Bertz CT molecular complexity index is 373. The third-order valence-corrected chi connectivity index (χ3v) is 2.85. The first kappa shape index (κ1) is 10.0. The number of rotatable bonds is 4. The summed E-state index contributed by atoms with van der Waals surface area (Å²) in [6, 6.07) is 5.74. The summed E-state index contributed by atoms with van der Waals surface area (Å²) in [5.74, 6) is 2.10. The number of hydrogen-bond donors (Lipinski definition) is 0. The van der Waals surface area contributed by atoms with Crippen LogP contribution >= 0.6 is 0 Å². The molecule has 0 aromatic heterocycles.